The highest BCUT2D eigenvalue weighted by Crippen LogP contribution is 2.48. The fourth-order valence-electron chi connectivity index (χ4n) is 4.39. The molecule has 5 heteroatoms. The number of para-hydroxylation sites is 1. The van der Waals surface area contributed by atoms with Crippen molar-refractivity contribution in [3.05, 3.63) is 99.9 Å². The maximum Gasteiger partial charge on any atom is 0.163 e. The molecule has 30 heavy (non-hydrogen) atoms. The number of amidine groups is 1. The standard InChI is InChI=1S/C25H22N4S/c1-17-22-23(21-13-8-16-30-21)28(19-14-15-19)24(18-9-4-2-5-10-18)26-25(22)29(27-17)20-11-6-3-7-12-20/h2-13,16,19,23H,14-15H2,1H3. The minimum atomic E-state index is 0.151. The first-order valence-corrected chi connectivity index (χ1v) is 11.3. The van der Waals surface area contributed by atoms with Crippen LogP contribution in [0.15, 0.2) is 83.2 Å². The summed E-state index contributed by atoms with van der Waals surface area (Å²) >= 11 is 1.82. The van der Waals surface area contributed by atoms with Crippen molar-refractivity contribution in [2.24, 2.45) is 4.99 Å². The van der Waals surface area contributed by atoms with Gasteiger partial charge in [0.2, 0.25) is 0 Å². The Hall–Kier alpha value is -3.18. The van der Waals surface area contributed by atoms with Crippen LogP contribution in [0.2, 0.25) is 0 Å². The van der Waals surface area contributed by atoms with Gasteiger partial charge in [-0.15, -0.1) is 11.3 Å². The number of benzene rings is 2. The number of hydrogen-bond acceptors (Lipinski definition) is 4. The maximum atomic E-state index is 5.26. The van der Waals surface area contributed by atoms with E-state index in [1.807, 2.05) is 22.1 Å². The minimum absolute atomic E-state index is 0.151. The summed E-state index contributed by atoms with van der Waals surface area (Å²) in [5, 5.41) is 7.12. The van der Waals surface area contributed by atoms with Crippen molar-refractivity contribution in [3.8, 4) is 5.69 Å². The smallest absolute Gasteiger partial charge is 0.163 e. The predicted octanol–water partition coefficient (Wildman–Crippen LogP) is 5.89. The van der Waals surface area contributed by atoms with Crippen LogP contribution in [0.4, 0.5) is 5.82 Å². The molecule has 0 bridgehead atoms. The molecule has 1 aliphatic heterocycles. The molecule has 6 rings (SSSR count). The van der Waals surface area contributed by atoms with Crippen LogP contribution in [-0.2, 0) is 0 Å². The normalized spacial score (nSPS) is 18.2. The van der Waals surface area contributed by atoms with Gasteiger partial charge in [-0.2, -0.15) is 5.10 Å². The van der Waals surface area contributed by atoms with E-state index in [4.69, 9.17) is 10.1 Å². The van der Waals surface area contributed by atoms with Crippen LogP contribution in [0, 0.1) is 6.92 Å². The SMILES string of the molecule is Cc1nn(-c2ccccc2)c2c1C(c1cccs1)N(C1CC1)C(c1ccccc1)=N2. The third-order valence-corrected chi connectivity index (χ3v) is 6.80. The Morgan fingerprint density at radius 3 is 2.30 bits per heavy atom. The lowest BCUT2D eigenvalue weighted by molar-refractivity contribution is 0.345. The highest BCUT2D eigenvalue weighted by atomic mass is 32.1. The van der Waals surface area contributed by atoms with Crippen molar-refractivity contribution in [2.45, 2.75) is 31.8 Å². The fraction of sp³-hybridized carbons (Fsp3) is 0.200. The number of hydrogen-bond donors (Lipinski definition) is 0. The molecule has 1 aliphatic carbocycles. The summed E-state index contributed by atoms with van der Waals surface area (Å²) in [5.74, 6) is 2.01. The number of fused-ring (bicyclic) bond motifs is 1. The zero-order valence-electron chi connectivity index (χ0n) is 16.8. The van der Waals surface area contributed by atoms with Crippen LogP contribution in [0.5, 0.6) is 0 Å². The van der Waals surface area contributed by atoms with Gasteiger partial charge in [-0.1, -0.05) is 54.6 Å². The number of aromatic nitrogens is 2. The first-order valence-electron chi connectivity index (χ1n) is 10.4. The molecule has 148 valence electrons. The van der Waals surface area contributed by atoms with E-state index in [0.717, 1.165) is 28.6 Å². The second-order valence-corrected chi connectivity index (χ2v) is 8.91. The molecule has 0 amide bonds. The maximum absolute atomic E-state index is 5.26. The van der Waals surface area contributed by atoms with E-state index in [2.05, 4.69) is 83.9 Å². The average Bonchev–Trinajstić information content (AvgIpc) is 3.38. The lowest BCUT2D eigenvalue weighted by atomic mass is 9.99. The lowest BCUT2D eigenvalue weighted by Gasteiger charge is -2.37. The number of rotatable bonds is 4. The molecule has 0 spiro atoms. The molecule has 0 radical (unpaired) electrons. The van der Waals surface area contributed by atoms with Gasteiger partial charge in [0.1, 0.15) is 5.84 Å². The summed E-state index contributed by atoms with van der Waals surface area (Å²) < 4.78 is 2.01. The Balaban J connectivity index is 1.63. The number of thiophene rings is 1. The van der Waals surface area contributed by atoms with Crippen molar-refractivity contribution in [2.75, 3.05) is 0 Å². The average molecular weight is 411 g/mol. The van der Waals surface area contributed by atoms with E-state index in [9.17, 15) is 0 Å². The van der Waals surface area contributed by atoms with Gasteiger partial charge in [0.05, 0.1) is 17.4 Å². The molecule has 2 aromatic carbocycles. The second-order valence-electron chi connectivity index (χ2n) is 7.93. The Morgan fingerprint density at radius 1 is 0.900 bits per heavy atom. The van der Waals surface area contributed by atoms with Gasteiger partial charge in [-0.25, -0.2) is 9.67 Å². The molecule has 0 N–H and O–H groups in total. The first-order chi connectivity index (χ1) is 14.8. The van der Waals surface area contributed by atoms with Gasteiger partial charge in [0, 0.05) is 22.0 Å². The monoisotopic (exact) mass is 410 g/mol. The number of aliphatic imine (C=N–C) groups is 1. The topological polar surface area (TPSA) is 33.4 Å². The van der Waals surface area contributed by atoms with Gasteiger partial charge >= 0.3 is 0 Å². The van der Waals surface area contributed by atoms with Crippen LogP contribution in [0.1, 0.15) is 40.6 Å². The molecular weight excluding hydrogens is 388 g/mol. The molecule has 4 aromatic rings. The van der Waals surface area contributed by atoms with Crippen molar-refractivity contribution in [1.29, 1.82) is 0 Å². The van der Waals surface area contributed by atoms with Gasteiger partial charge in [-0.3, -0.25) is 0 Å². The molecule has 4 nitrogen and oxygen atoms in total. The molecule has 2 aliphatic rings. The van der Waals surface area contributed by atoms with E-state index in [1.54, 1.807) is 0 Å². The van der Waals surface area contributed by atoms with E-state index in [1.165, 1.54) is 23.3 Å². The van der Waals surface area contributed by atoms with Crippen LogP contribution in [0.25, 0.3) is 5.69 Å². The number of aryl methyl sites for hydroxylation is 1. The van der Waals surface area contributed by atoms with Gasteiger partial charge in [0.25, 0.3) is 0 Å². The van der Waals surface area contributed by atoms with Crippen LogP contribution >= 0.6 is 11.3 Å². The largest absolute Gasteiger partial charge is 0.341 e. The van der Waals surface area contributed by atoms with Crippen LogP contribution < -0.4 is 0 Å². The van der Waals surface area contributed by atoms with Gasteiger partial charge in [0.15, 0.2) is 5.82 Å². The van der Waals surface area contributed by atoms with Crippen molar-refractivity contribution >= 4 is 23.0 Å². The van der Waals surface area contributed by atoms with Crippen molar-refractivity contribution < 1.29 is 0 Å². The molecule has 1 fully saturated rings. The van der Waals surface area contributed by atoms with Crippen molar-refractivity contribution in [1.82, 2.24) is 14.7 Å². The summed E-state index contributed by atoms with van der Waals surface area (Å²) in [6.07, 6.45) is 2.43. The summed E-state index contributed by atoms with van der Waals surface area (Å²) in [6.45, 7) is 2.12. The molecule has 0 saturated heterocycles. The Labute approximate surface area is 180 Å². The van der Waals surface area contributed by atoms with E-state index < -0.39 is 0 Å². The number of nitrogens with zero attached hydrogens (tertiary/aromatic N) is 4. The van der Waals surface area contributed by atoms with E-state index in [-0.39, 0.29) is 6.04 Å². The highest BCUT2D eigenvalue weighted by Gasteiger charge is 2.43. The zero-order chi connectivity index (χ0) is 20.1. The Bertz CT molecular complexity index is 1210. The highest BCUT2D eigenvalue weighted by molar-refractivity contribution is 7.10. The molecule has 1 unspecified atom stereocenters. The summed E-state index contributed by atoms with van der Waals surface area (Å²) in [5.41, 5.74) is 4.49. The molecule has 3 heterocycles. The first kappa shape index (κ1) is 17.7. The third-order valence-electron chi connectivity index (χ3n) is 5.87. The van der Waals surface area contributed by atoms with Crippen LogP contribution in [-0.4, -0.2) is 26.6 Å². The van der Waals surface area contributed by atoms with Gasteiger partial charge < -0.3 is 4.90 Å². The lowest BCUT2D eigenvalue weighted by Crippen LogP contribution is -2.40. The fourth-order valence-corrected chi connectivity index (χ4v) is 5.22. The van der Waals surface area contributed by atoms with E-state index in [0.29, 0.717) is 6.04 Å². The van der Waals surface area contributed by atoms with Gasteiger partial charge in [-0.05, 0) is 43.3 Å². The quantitative estimate of drug-likeness (QED) is 0.420. The second kappa shape index (κ2) is 6.96. The third kappa shape index (κ3) is 2.81. The minimum Gasteiger partial charge on any atom is -0.341 e. The molecular formula is C25H22N4S. The Kier molecular flexibility index (Phi) is 4.09. The van der Waals surface area contributed by atoms with Crippen LogP contribution in [0.3, 0.4) is 0 Å². The zero-order valence-corrected chi connectivity index (χ0v) is 17.6. The summed E-state index contributed by atoms with van der Waals surface area (Å²) in [7, 11) is 0. The Morgan fingerprint density at radius 2 is 1.63 bits per heavy atom. The van der Waals surface area contributed by atoms with Crippen molar-refractivity contribution in [3.63, 3.8) is 0 Å². The predicted molar refractivity (Wildman–Crippen MR) is 122 cm³/mol. The molecule has 1 saturated carbocycles. The van der Waals surface area contributed by atoms with E-state index >= 15 is 0 Å². The molecule has 1 atom stereocenters. The molecule has 2 aromatic heterocycles. The summed E-state index contributed by atoms with van der Waals surface area (Å²) in [4.78, 5) is 9.16. The summed E-state index contributed by atoms with van der Waals surface area (Å²) in [6, 6.07) is 26.0.